The molecule has 0 N–H and O–H groups in total. The molecule has 2 aliphatic heterocycles. The van der Waals surface area contributed by atoms with Gasteiger partial charge in [-0.3, -0.25) is 4.99 Å². The first-order valence-corrected chi connectivity index (χ1v) is 12.0. The Kier molecular flexibility index (Phi) is 4.99. The Balaban J connectivity index is 1.58. The van der Waals surface area contributed by atoms with Crippen LogP contribution in [-0.4, -0.2) is 37.7 Å². The van der Waals surface area contributed by atoms with Crippen molar-refractivity contribution in [2.24, 2.45) is 10.9 Å². The Hall–Kier alpha value is -2.97. The van der Waals surface area contributed by atoms with Crippen LogP contribution >= 0.6 is 0 Å². The second kappa shape index (κ2) is 7.53. The maximum absolute atomic E-state index is 14.0. The Morgan fingerprint density at radius 1 is 0.909 bits per heavy atom. The molecule has 8 heteroatoms. The highest BCUT2D eigenvalue weighted by Crippen LogP contribution is 2.52. The lowest BCUT2D eigenvalue weighted by Gasteiger charge is -2.47. The van der Waals surface area contributed by atoms with Gasteiger partial charge in [0.25, 0.3) is 0 Å². The highest BCUT2D eigenvalue weighted by atomic mass is 32.2. The van der Waals surface area contributed by atoms with E-state index in [1.807, 2.05) is 6.92 Å². The first-order valence-electron chi connectivity index (χ1n) is 10.5. The second-order valence-electron chi connectivity index (χ2n) is 8.47. The molecular weight excluding hydrogens is 449 g/mol. The van der Waals surface area contributed by atoms with E-state index >= 15 is 0 Å². The Morgan fingerprint density at radius 2 is 1.52 bits per heavy atom. The van der Waals surface area contributed by atoms with Crippen LogP contribution in [0.3, 0.4) is 0 Å². The first kappa shape index (κ1) is 21.9. The standard InChI is InChI=1S/C25H21F3N2O2S/c1-17-11-13-20(14-12-17)33(31,32)30-15-19(16-30)24(18-7-3-2-4-8-18)22-10-6-5-9-21(22)23(29-24)25(26,27)28/h2-14,19H,15-16H2,1H3/t24-/m1/s1. The number of hydrogen-bond acceptors (Lipinski definition) is 3. The number of rotatable bonds is 4. The molecule has 5 rings (SSSR count). The summed E-state index contributed by atoms with van der Waals surface area (Å²) in [5.74, 6) is -0.443. The number of benzene rings is 3. The van der Waals surface area contributed by atoms with Crippen molar-refractivity contribution >= 4 is 15.7 Å². The average Bonchev–Trinajstić information content (AvgIpc) is 3.10. The molecular formula is C25H21F3N2O2S. The molecule has 170 valence electrons. The van der Waals surface area contributed by atoms with Crippen LogP contribution in [0, 0.1) is 12.8 Å². The van der Waals surface area contributed by atoms with Crippen molar-refractivity contribution in [3.8, 4) is 0 Å². The zero-order valence-corrected chi connectivity index (χ0v) is 18.6. The van der Waals surface area contributed by atoms with Gasteiger partial charge in [0.2, 0.25) is 10.0 Å². The quantitative estimate of drug-likeness (QED) is 0.543. The van der Waals surface area contributed by atoms with Crippen molar-refractivity contribution in [3.63, 3.8) is 0 Å². The third kappa shape index (κ3) is 3.40. The summed E-state index contributed by atoms with van der Waals surface area (Å²) in [6.45, 7) is 2.02. The number of fused-ring (bicyclic) bond motifs is 1. The number of hydrogen-bond donors (Lipinski definition) is 0. The topological polar surface area (TPSA) is 49.7 Å². The summed E-state index contributed by atoms with van der Waals surface area (Å²) in [4.78, 5) is 4.49. The van der Waals surface area contributed by atoms with Crippen LogP contribution < -0.4 is 0 Å². The maximum atomic E-state index is 14.0. The second-order valence-corrected chi connectivity index (χ2v) is 10.4. The van der Waals surface area contributed by atoms with E-state index in [9.17, 15) is 21.6 Å². The number of halogens is 3. The molecule has 0 bridgehead atoms. The summed E-state index contributed by atoms with van der Waals surface area (Å²) in [7, 11) is -3.75. The summed E-state index contributed by atoms with van der Waals surface area (Å²) >= 11 is 0. The first-order chi connectivity index (χ1) is 15.6. The lowest BCUT2D eigenvalue weighted by molar-refractivity contribution is -0.0584. The minimum atomic E-state index is -4.62. The zero-order valence-electron chi connectivity index (χ0n) is 17.8. The minimum Gasteiger partial charge on any atom is -0.263 e. The van der Waals surface area contributed by atoms with Crippen LogP contribution in [0.1, 0.15) is 22.3 Å². The molecule has 0 radical (unpaired) electrons. The Morgan fingerprint density at radius 3 is 2.15 bits per heavy atom. The van der Waals surface area contributed by atoms with Gasteiger partial charge in [-0.1, -0.05) is 72.3 Å². The third-order valence-electron chi connectivity index (χ3n) is 6.46. The van der Waals surface area contributed by atoms with Gasteiger partial charge in [0.05, 0.1) is 4.90 Å². The molecule has 0 aromatic heterocycles. The summed E-state index contributed by atoms with van der Waals surface area (Å²) < 4.78 is 69.4. The number of aliphatic imine (C=N–C) groups is 1. The van der Waals surface area contributed by atoms with Gasteiger partial charge in [0, 0.05) is 24.6 Å². The van der Waals surface area contributed by atoms with Crippen molar-refractivity contribution in [1.82, 2.24) is 4.31 Å². The maximum Gasteiger partial charge on any atom is 0.433 e. The van der Waals surface area contributed by atoms with Gasteiger partial charge in [-0.2, -0.15) is 17.5 Å². The van der Waals surface area contributed by atoms with E-state index in [0.29, 0.717) is 11.1 Å². The molecule has 3 aromatic carbocycles. The number of alkyl halides is 3. The molecule has 4 nitrogen and oxygen atoms in total. The number of sulfonamides is 1. The summed E-state index contributed by atoms with van der Waals surface area (Å²) in [6.07, 6.45) is -4.62. The lowest BCUT2D eigenvalue weighted by atomic mass is 9.71. The van der Waals surface area contributed by atoms with Crippen molar-refractivity contribution in [1.29, 1.82) is 0 Å². The van der Waals surface area contributed by atoms with E-state index in [4.69, 9.17) is 0 Å². The molecule has 0 unspecified atom stereocenters. The Bertz CT molecular complexity index is 1330. The van der Waals surface area contributed by atoms with Crippen LogP contribution in [0.4, 0.5) is 13.2 Å². The van der Waals surface area contributed by atoms with E-state index < -0.39 is 33.4 Å². The molecule has 2 heterocycles. The molecule has 1 saturated heterocycles. The monoisotopic (exact) mass is 470 g/mol. The van der Waals surface area contributed by atoms with Crippen molar-refractivity contribution in [2.75, 3.05) is 13.1 Å². The highest BCUT2D eigenvalue weighted by Gasteiger charge is 2.57. The van der Waals surface area contributed by atoms with Gasteiger partial charge in [-0.05, 0) is 30.2 Å². The normalized spacial score (nSPS) is 21.4. The average molecular weight is 471 g/mol. The predicted molar refractivity (Wildman–Crippen MR) is 120 cm³/mol. The molecule has 2 aliphatic rings. The van der Waals surface area contributed by atoms with Crippen LogP contribution in [0.2, 0.25) is 0 Å². The van der Waals surface area contributed by atoms with Gasteiger partial charge in [-0.25, -0.2) is 8.42 Å². The Labute approximate surface area is 190 Å². The highest BCUT2D eigenvalue weighted by molar-refractivity contribution is 7.89. The van der Waals surface area contributed by atoms with Crippen LogP contribution in [-0.2, 0) is 15.6 Å². The van der Waals surface area contributed by atoms with Crippen molar-refractivity contribution in [3.05, 3.63) is 101 Å². The molecule has 0 amide bonds. The number of nitrogens with zero attached hydrogens (tertiary/aromatic N) is 2. The van der Waals surface area contributed by atoms with Gasteiger partial charge in [0.1, 0.15) is 11.3 Å². The van der Waals surface area contributed by atoms with E-state index in [1.54, 1.807) is 72.8 Å². The fourth-order valence-electron chi connectivity index (χ4n) is 4.75. The van der Waals surface area contributed by atoms with Gasteiger partial charge >= 0.3 is 6.18 Å². The van der Waals surface area contributed by atoms with Crippen molar-refractivity contribution < 1.29 is 21.6 Å². The fourth-order valence-corrected chi connectivity index (χ4v) is 6.28. The predicted octanol–water partition coefficient (Wildman–Crippen LogP) is 4.92. The molecule has 0 spiro atoms. The van der Waals surface area contributed by atoms with Gasteiger partial charge < -0.3 is 0 Å². The minimum absolute atomic E-state index is 0.0497. The zero-order chi connectivity index (χ0) is 23.4. The summed E-state index contributed by atoms with van der Waals surface area (Å²) in [6, 6.07) is 21.8. The molecule has 3 aromatic rings. The van der Waals surface area contributed by atoms with Gasteiger partial charge in [-0.15, -0.1) is 0 Å². The molecule has 1 fully saturated rings. The third-order valence-corrected chi connectivity index (χ3v) is 8.31. The van der Waals surface area contributed by atoms with E-state index in [2.05, 4.69) is 4.99 Å². The van der Waals surface area contributed by atoms with E-state index in [1.165, 1.54) is 10.4 Å². The van der Waals surface area contributed by atoms with Crippen LogP contribution in [0.25, 0.3) is 0 Å². The lowest BCUT2D eigenvalue weighted by Crippen LogP contribution is -2.57. The fraction of sp³-hybridized carbons (Fsp3) is 0.240. The molecule has 0 aliphatic carbocycles. The smallest absolute Gasteiger partial charge is 0.263 e. The summed E-state index contributed by atoms with van der Waals surface area (Å²) in [5.41, 5.74) is -0.150. The van der Waals surface area contributed by atoms with E-state index in [-0.39, 0.29) is 23.5 Å². The molecule has 0 saturated carbocycles. The largest absolute Gasteiger partial charge is 0.433 e. The summed E-state index contributed by atoms with van der Waals surface area (Å²) in [5, 5.41) is 0. The van der Waals surface area contributed by atoms with Crippen LogP contribution in [0.15, 0.2) is 88.8 Å². The molecule has 1 atom stereocenters. The molecule has 33 heavy (non-hydrogen) atoms. The van der Waals surface area contributed by atoms with E-state index in [0.717, 1.165) is 5.56 Å². The van der Waals surface area contributed by atoms with Crippen LogP contribution in [0.5, 0.6) is 0 Å². The van der Waals surface area contributed by atoms with Crippen molar-refractivity contribution in [2.45, 2.75) is 23.5 Å². The SMILES string of the molecule is Cc1ccc(S(=O)(=O)N2CC([C@@]3(c4ccccc4)N=C(C(F)(F)F)c4ccccc43)C2)cc1. The number of aryl methyl sites for hydroxylation is 1. The van der Waals surface area contributed by atoms with Gasteiger partial charge in [0.15, 0.2) is 0 Å².